The molecular weight excluding hydrogens is 350 g/mol. The fourth-order valence-electron chi connectivity index (χ4n) is 3.05. The first-order valence-corrected chi connectivity index (χ1v) is 8.27. The van der Waals surface area contributed by atoms with E-state index in [1.54, 1.807) is 0 Å². The van der Waals surface area contributed by atoms with Gasteiger partial charge in [-0.3, -0.25) is 10.1 Å². The lowest BCUT2D eigenvalue weighted by atomic mass is 10.1. The fraction of sp³-hybridized carbons (Fsp3) is 0. The van der Waals surface area contributed by atoms with Crippen molar-refractivity contribution in [3.8, 4) is 11.1 Å². The van der Waals surface area contributed by atoms with Gasteiger partial charge >= 0.3 is 0 Å². The minimum absolute atomic E-state index is 0.0643. The van der Waals surface area contributed by atoms with E-state index in [2.05, 4.69) is 10.2 Å². The van der Waals surface area contributed by atoms with E-state index in [4.69, 9.17) is 11.6 Å². The molecule has 0 spiro atoms. The van der Waals surface area contributed by atoms with Crippen LogP contribution in [0.2, 0.25) is 5.02 Å². The molecule has 0 saturated heterocycles. The molecule has 0 radical (unpaired) electrons. The lowest BCUT2D eigenvalue weighted by Crippen LogP contribution is -1.98. The van der Waals surface area contributed by atoms with Gasteiger partial charge in [-0.25, -0.2) is 0 Å². The number of hydrogen-bond donors (Lipinski definition) is 0. The summed E-state index contributed by atoms with van der Waals surface area (Å²) in [6.07, 6.45) is 1.36. The van der Waals surface area contributed by atoms with Gasteiger partial charge in [0.1, 0.15) is 5.71 Å². The van der Waals surface area contributed by atoms with Gasteiger partial charge in [0, 0.05) is 22.2 Å². The molecule has 3 aromatic carbocycles. The van der Waals surface area contributed by atoms with Crippen molar-refractivity contribution in [1.82, 2.24) is 0 Å². The summed E-state index contributed by atoms with van der Waals surface area (Å²) in [5.74, 6) is 0. The van der Waals surface area contributed by atoms with Crippen molar-refractivity contribution in [3.63, 3.8) is 0 Å². The van der Waals surface area contributed by atoms with E-state index in [0.29, 0.717) is 10.6 Å². The Morgan fingerprint density at radius 2 is 1.46 bits per heavy atom. The van der Waals surface area contributed by atoms with Crippen molar-refractivity contribution in [3.05, 3.63) is 98.6 Å². The Labute approximate surface area is 154 Å². The van der Waals surface area contributed by atoms with E-state index in [1.165, 1.54) is 24.4 Å². The van der Waals surface area contributed by atoms with Crippen LogP contribution in [-0.2, 0) is 0 Å². The summed E-state index contributed by atoms with van der Waals surface area (Å²) < 4.78 is 0. The summed E-state index contributed by atoms with van der Waals surface area (Å²) in [6, 6.07) is 20.3. The van der Waals surface area contributed by atoms with E-state index < -0.39 is 4.92 Å². The van der Waals surface area contributed by atoms with Crippen molar-refractivity contribution in [2.45, 2.75) is 0 Å². The zero-order chi connectivity index (χ0) is 18.1. The summed E-state index contributed by atoms with van der Waals surface area (Å²) in [4.78, 5) is 10.7. The molecule has 0 fully saturated rings. The summed E-state index contributed by atoms with van der Waals surface area (Å²) in [5.41, 5.74) is 5.18. The molecule has 26 heavy (non-hydrogen) atoms. The van der Waals surface area contributed by atoms with Gasteiger partial charge in [0.15, 0.2) is 0 Å². The molecule has 1 aliphatic carbocycles. The van der Waals surface area contributed by atoms with E-state index in [-0.39, 0.29) is 5.69 Å². The van der Waals surface area contributed by atoms with Crippen LogP contribution in [-0.4, -0.2) is 16.8 Å². The fourth-order valence-corrected chi connectivity index (χ4v) is 3.23. The minimum Gasteiger partial charge on any atom is -0.258 e. The SMILES string of the molecule is O=[N+]([O-])c1ccc(Cl)cc1C=NN=C1c2ccccc2-c2ccccc21. The van der Waals surface area contributed by atoms with Crippen LogP contribution in [0.25, 0.3) is 11.1 Å². The highest BCUT2D eigenvalue weighted by Crippen LogP contribution is 2.36. The highest BCUT2D eigenvalue weighted by Gasteiger charge is 2.23. The Kier molecular flexibility index (Phi) is 4.07. The van der Waals surface area contributed by atoms with Gasteiger partial charge in [0.05, 0.1) is 16.7 Å². The van der Waals surface area contributed by atoms with Gasteiger partial charge in [-0.15, -0.1) is 5.10 Å². The summed E-state index contributed by atoms with van der Waals surface area (Å²) in [6.45, 7) is 0. The third kappa shape index (κ3) is 2.78. The summed E-state index contributed by atoms with van der Waals surface area (Å²) in [7, 11) is 0. The predicted molar refractivity (Wildman–Crippen MR) is 103 cm³/mol. The number of halogens is 1. The number of nitro benzene ring substituents is 1. The minimum atomic E-state index is -0.467. The zero-order valence-corrected chi connectivity index (χ0v) is 14.2. The Bertz CT molecular complexity index is 1040. The second-order valence-corrected chi connectivity index (χ2v) is 6.18. The van der Waals surface area contributed by atoms with E-state index in [1.807, 2.05) is 48.5 Å². The predicted octanol–water partition coefficient (Wildman–Crippen LogP) is 5.10. The molecule has 0 aromatic heterocycles. The van der Waals surface area contributed by atoms with E-state index in [9.17, 15) is 10.1 Å². The molecular formula is C20H12ClN3O2. The monoisotopic (exact) mass is 361 g/mol. The van der Waals surface area contributed by atoms with Crippen LogP contribution in [0.5, 0.6) is 0 Å². The molecule has 0 amide bonds. The number of rotatable bonds is 3. The quantitative estimate of drug-likeness (QED) is 0.289. The molecule has 0 unspecified atom stereocenters. The van der Waals surface area contributed by atoms with Crippen molar-refractivity contribution in [1.29, 1.82) is 0 Å². The number of nitro groups is 1. The number of nitrogens with zero attached hydrogens (tertiary/aromatic N) is 3. The van der Waals surface area contributed by atoms with Crippen LogP contribution in [0.4, 0.5) is 5.69 Å². The number of benzene rings is 3. The molecule has 0 atom stereocenters. The molecule has 0 bridgehead atoms. The zero-order valence-electron chi connectivity index (χ0n) is 13.5. The Hall–Kier alpha value is -3.31. The first-order valence-electron chi connectivity index (χ1n) is 7.89. The smallest absolute Gasteiger partial charge is 0.258 e. The molecule has 126 valence electrons. The normalized spacial score (nSPS) is 12.1. The molecule has 1 aliphatic rings. The van der Waals surface area contributed by atoms with Gasteiger partial charge in [0.25, 0.3) is 5.69 Å². The Morgan fingerprint density at radius 1 is 0.885 bits per heavy atom. The average Bonchev–Trinajstić information content (AvgIpc) is 2.96. The van der Waals surface area contributed by atoms with Crippen molar-refractivity contribution < 1.29 is 4.92 Å². The second kappa shape index (κ2) is 6.54. The van der Waals surface area contributed by atoms with Crippen LogP contribution in [0, 0.1) is 10.1 Å². The van der Waals surface area contributed by atoms with E-state index >= 15 is 0 Å². The van der Waals surface area contributed by atoms with Gasteiger partial charge in [0.2, 0.25) is 0 Å². The molecule has 3 aromatic rings. The highest BCUT2D eigenvalue weighted by atomic mass is 35.5. The molecule has 0 N–H and O–H groups in total. The van der Waals surface area contributed by atoms with Crippen LogP contribution in [0.3, 0.4) is 0 Å². The van der Waals surface area contributed by atoms with Crippen LogP contribution in [0.15, 0.2) is 76.9 Å². The standard InChI is InChI=1S/C20H12ClN3O2/c21-14-9-10-19(24(25)26)13(11-14)12-22-23-20-17-7-3-1-5-15(17)16-6-2-4-8-18(16)20/h1-12H. The Morgan fingerprint density at radius 3 is 2.04 bits per heavy atom. The molecule has 4 rings (SSSR count). The second-order valence-electron chi connectivity index (χ2n) is 5.74. The topological polar surface area (TPSA) is 67.9 Å². The van der Waals surface area contributed by atoms with Crippen LogP contribution >= 0.6 is 11.6 Å². The number of fused-ring (bicyclic) bond motifs is 3. The van der Waals surface area contributed by atoms with Gasteiger partial charge in [-0.1, -0.05) is 60.1 Å². The summed E-state index contributed by atoms with van der Waals surface area (Å²) in [5, 5.41) is 20.0. The Balaban J connectivity index is 1.78. The highest BCUT2D eigenvalue weighted by molar-refractivity contribution is 6.31. The van der Waals surface area contributed by atoms with Crippen molar-refractivity contribution in [2.75, 3.05) is 0 Å². The van der Waals surface area contributed by atoms with Crippen molar-refractivity contribution >= 4 is 29.2 Å². The maximum Gasteiger partial charge on any atom is 0.278 e. The molecule has 0 aliphatic heterocycles. The van der Waals surface area contributed by atoms with Gasteiger partial charge in [-0.05, 0) is 23.3 Å². The largest absolute Gasteiger partial charge is 0.278 e. The van der Waals surface area contributed by atoms with Crippen molar-refractivity contribution in [2.24, 2.45) is 10.2 Å². The summed E-state index contributed by atoms with van der Waals surface area (Å²) >= 11 is 5.94. The average molecular weight is 362 g/mol. The number of hydrogen-bond acceptors (Lipinski definition) is 4. The maximum absolute atomic E-state index is 11.1. The van der Waals surface area contributed by atoms with E-state index in [0.717, 1.165) is 28.0 Å². The van der Waals surface area contributed by atoms with Gasteiger partial charge in [-0.2, -0.15) is 5.10 Å². The molecule has 5 nitrogen and oxygen atoms in total. The molecule has 0 saturated carbocycles. The lowest BCUT2D eigenvalue weighted by Gasteiger charge is -1.99. The first kappa shape index (κ1) is 16.2. The third-order valence-electron chi connectivity index (χ3n) is 4.20. The maximum atomic E-state index is 11.1. The third-order valence-corrected chi connectivity index (χ3v) is 4.43. The first-order chi connectivity index (χ1) is 12.6. The van der Waals surface area contributed by atoms with Crippen LogP contribution in [0.1, 0.15) is 16.7 Å². The van der Waals surface area contributed by atoms with Gasteiger partial charge < -0.3 is 0 Å². The molecule has 6 heteroatoms. The lowest BCUT2D eigenvalue weighted by molar-refractivity contribution is -0.385. The molecule has 0 heterocycles. The van der Waals surface area contributed by atoms with Crippen LogP contribution < -0.4 is 0 Å².